The molecule has 0 aliphatic carbocycles. The first-order valence-corrected chi connectivity index (χ1v) is 9.71. The number of aromatic amines is 1. The smallest absolute Gasteiger partial charge is 0.294 e. The van der Waals surface area contributed by atoms with Gasteiger partial charge >= 0.3 is 0 Å². The topological polar surface area (TPSA) is 76.7 Å². The number of hydrogen-bond acceptors (Lipinski definition) is 5. The van der Waals surface area contributed by atoms with Gasteiger partial charge in [0.15, 0.2) is 5.16 Å². The van der Waals surface area contributed by atoms with Gasteiger partial charge in [-0.05, 0) is 31.2 Å². The third-order valence-electron chi connectivity index (χ3n) is 4.55. The Balaban J connectivity index is 1.54. The highest BCUT2D eigenvalue weighted by Crippen LogP contribution is 2.28. The fourth-order valence-corrected chi connectivity index (χ4v) is 4.27. The average molecular weight is 376 g/mol. The number of benzene rings is 2. The molecule has 134 valence electrons. The Hall–Kier alpha value is -3.06. The molecule has 5 rings (SSSR count). The molecule has 0 unspecified atom stereocenters. The maximum absolute atomic E-state index is 12.4. The van der Waals surface area contributed by atoms with Gasteiger partial charge in [0.05, 0.1) is 16.8 Å². The Kier molecular flexibility index (Phi) is 3.75. The summed E-state index contributed by atoms with van der Waals surface area (Å²) < 4.78 is 7.82. The fraction of sp³-hybridized carbons (Fsp3) is 0.150. The Morgan fingerprint density at radius 1 is 1.11 bits per heavy atom. The first-order chi connectivity index (χ1) is 13.2. The largest absolute Gasteiger partial charge is 0.449 e. The SMILES string of the molecule is CCn1c(SCc2nc3c(oc4ccccc43)c(=O)[nH]2)nc2ccccc21. The molecule has 0 aliphatic heterocycles. The third-order valence-corrected chi connectivity index (χ3v) is 5.54. The molecule has 7 heteroatoms. The van der Waals surface area contributed by atoms with Crippen LogP contribution in [0.5, 0.6) is 0 Å². The molecule has 0 aliphatic rings. The van der Waals surface area contributed by atoms with Crippen molar-refractivity contribution in [3.8, 4) is 0 Å². The molecule has 5 aromatic rings. The van der Waals surface area contributed by atoms with Gasteiger partial charge in [-0.15, -0.1) is 0 Å². The normalized spacial score (nSPS) is 11.7. The second-order valence-electron chi connectivity index (χ2n) is 6.20. The molecule has 0 atom stereocenters. The van der Waals surface area contributed by atoms with E-state index >= 15 is 0 Å². The number of furan rings is 1. The summed E-state index contributed by atoms with van der Waals surface area (Å²) in [4.78, 5) is 24.6. The minimum Gasteiger partial charge on any atom is -0.449 e. The van der Waals surface area contributed by atoms with Crippen molar-refractivity contribution in [2.75, 3.05) is 0 Å². The van der Waals surface area contributed by atoms with Crippen LogP contribution in [0.15, 0.2) is 62.9 Å². The van der Waals surface area contributed by atoms with E-state index < -0.39 is 0 Å². The van der Waals surface area contributed by atoms with Crippen LogP contribution in [0.3, 0.4) is 0 Å². The minimum absolute atomic E-state index is 0.254. The number of hydrogen-bond donors (Lipinski definition) is 1. The lowest BCUT2D eigenvalue weighted by molar-refractivity contribution is 0.660. The lowest BCUT2D eigenvalue weighted by atomic mass is 10.2. The van der Waals surface area contributed by atoms with Gasteiger partial charge in [0.2, 0.25) is 5.58 Å². The quantitative estimate of drug-likeness (QED) is 0.472. The van der Waals surface area contributed by atoms with Gasteiger partial charge < -0.3 is 14.0 Å². The second kappa shape index (κ2) is 6.28. The molecule has 0 amide bonds. The molecule has 3 heterocycles. The van der Waals surface area contributed by atoms with Crippen molar-refractivity contribution in [1.29, 1.82) is 0 Å². The van der Waals surface area contributed by atoms with Crippen LogP contribution >= 0.6 is 11.8 Å². The monoisotopic (exact) mass is 376 g/mol. The summed E-state index contributed by atoms with van der Waals surface area (Å²) in [5, 5.41) is 1.77. The first-order valence-electron chi connectivity index (χ1n) is 8.73. The van der Waals surface area contributed by atoms with Gasteiger partial charge in [-0.3, -0.25) is 4.79 Å². The van der Waals surface area contributed by atoms with Crippen LogP contribution in [-0.4, -0.2) is 19.5 Å². The number of thioether (sulfide) groups is 1. The molecule has 6 nitrogen and oxygen atoms in total. The van der Waals surface area contributed by atoms with E-state index in [4.69, 9.17) is 9.40 Å². The van der Waals surface area contributed by atoms with E-state index in [0.717, 1.165) is 28.1 Å². The van der Waals surface area contributed by atoms with Crippen LogP contribution in [-0.2, 0) is 12.3 Å². The first kappa shape index (κ1) is 16.1. The summed E-state index contributed by atoms with van der Waals surface area (Å²) >= 11 is 1.56. The standard InChI is InChI=1S/C20H16N4O2S/c1-2-24-14-9-5-4-8-13(14)21-20(24)27-11-16-22-17-12-7-3-6-10-15(12)26-18(17)19(25)23-16/h3-10H,2,11H2,1H3,(H,22,23,25). The number of nitrogens with one attached hydrogen (secondary N) is 1. The van der Waals surface area contributed by atoms with Crippen LogP contribution in [0.2, 0.25) is 0 Å². The van der Waals surface area contributed by atoms with Crippen molar-refractivity contribution in [3.05, 3.63) is 64.7 Å². The highest BCUT2D eigenvalue weighted by Gasteiger charge is 2.14. The van der Waals surface area contributed by atoms with Gasteiger partial charge in [0.1, 0.15) is 16.9 Å². The van der Waals surface area contributed by atoms with Gasteiger partial charge in [-0.25, -0.2) is 9.97 Å². The number of aryl methyl sites for hydroxylation is 1. The van der Waals surface area contributed by atoms with E-state index in [9.17, 15) is 4.79 Å². The van der Waals surface area contributed by atoms with Gasteiger partial charge in [-0.1, -0.05) is 36.0 Å². The second-order valence-corrected chi connectivity index (χ2v) is 7.15. The summed E-state index contributed by atoms with van der Waals surface area (Å²) in [6.07, 6.45) is 0. The Labute approximate surface area is 158 Å². The van der Waals surface area contributed by atoms with Crippen LogP contribution < -0.4 is 5.56 Å². The van der Waals surface area contributed by atoms with Crippen molar-refractivity contribution in [2.24, 2.45) is 0 Å². The van der Waals surface area contributed by atoms with Crippen molar-refractivity contribution < 1.29 is 4.42 Å². The van der Waals surface area contributed by atoms with Crippen molar-refractivity contribution in [1.82, 2.24) is 19.5 Å². The highest BCUT2D eigenvalue weighted by atomic mass is 32.2. The zero-order valence-electron chi connectivity index (χ0n) is 14.6. The van der Waals surface area contributed by atoms with E-state index in [0.29, 0.717) is 22.7 Å². The third kappa shape index (κ3) is 2.62. The Bertz CT molecular complexity index is 1350. The predicted octanol–water partition coefficient (Wildman–Crippen LogP) is 4.33. The number of aromatic nitrogens is 4. The molecular formula is C20H16N4O2S. The molecular weight excluding hydrogens is 360 g/mol. The van der Waals surface area contributed by atoms with Gasteiger partial charge in [0.25, 0.3) is 5.56 Å². The summed E-state index contributed by atoms with van der Waals surface area (Å²) in [7, 11) is 0. The van der Waals surface area contributed by atoms with E-state index in [1.54, 1.807) is 11.8 Å². The average Bonchev–Trinajstić information content (AvgIpc) is 3.24. The number of fused-ring (bicyclic) bond motifs is 4. The molecule has 0 spiro atoms. The number of imidazole rings is 1. The number of para-hydroxylation sites is 3. The van der Waals surface area contributed by atoms with Crippen molar-refractivity contribution in [3.63, 3.8) is 0 Å². The lowest BCUT2D eigenvalue weighted by Crippen LogP contribution is -2.10. The number of H-pyrrole nitrogens is 1. The minimum atomic E-state index is -0.254. The summed E-state index contributed by atoms with van der Waals surface area (Å²) in [6.45, 7) is 2.93. The number of rotatable bonds is 4. The summed E-state index contributed by atoms with van der Waals surface area (Å²) in [5.41, 5.74) is 3.37. The zero-order valence-corrected chi connectivity index (χ0v) is 15.4. The molecule has 0 saturated heterocycles. The Morgan fingerprint density at radius 3 is 2.81 bits per heavy atom. The highest BCUT2D eigenvalue weighted by molar-refractivity contribution is 7.98. The summed E-state index contributed by atoms with van der Waals surface area (Å²) in [6, 6.07) is 15.6. The molecule has 0 fully saturated rings. The maximum atomic E-state index is 12.4. The molecule has 0 saturated carbocycles. The van der Waals surface area contributed by atoms with E-state index in [2.05, 4.69) is 27.5 Å². The van der Waals surface area contributed by atoms with E-state index in [1.807, 2.05) is 42.5 Å². The van der Waals surface area contributed by atoms with Gasteiger partial charge in [0, 0.05) is 11.9 Å². The van der Waals surface area contributed by atoms with Crippen LogP contribution in [0.4, 0.5) is 0 Å². The van der Waals surface area contributed by atoms with E-state index in [-0.39, 0.29) is 11.1 Å². The fourth-order valence-electron chi connectivity index (χ4n) is 3.32. The van der Waals surface area contributed by atoms with Gasteiger partial charge in [-0.2, -0.15) is 0 Å². The Morgan fingerprint density at radius 2 is 1.93 bits per heavy atom. The van der Waals surface area contributed by atoms with E-state index in [1.165, 1.54) is 0 Å². The molecule has 27 heavy (non-hydrogen) atoms. The molecule has 1 N–H and O–H groups in total. The zero-order chi connectivity index (χ0) is 18.4. The number of nitrogens with zero attached hydrogens (tertiary/aromatic N) is 3. The maximum Gasteiger partial charge on any atom is 0.294 e. The molecule has 3 aromatic heterocycles. The van der Waals surface area contributed by atoms with Crippen LogP contribution in [0.25, 0.3) is 33.1 Å². The molecule has 0 bridgehead atoms. The molecule has 2 aromatic carbocycles. The van der Waals surface area contributed by atoms with Crippen molar-refractivity contribution >= 4 is 44.9 Å². The van der Waals surface area contributed by atoms with Crippen LogP contribution in [0.1, 0.15) is 12.7 Å². The van der Waals surface area contributed by atoms with Crippen LogP contribution in [0, 0.1) is 0 Å². The lowest BCUT2D eigenvalue weighted by Gasteiger charge is -2.05. The van der Waals surface area contributed by atoms with Crippen molar-refractivity contribution in [2.45, 2.75) is 24.4 Å². The molecule has 0 radical (unpaired) electrons. The predicted molar refractivity (Wildman–Crippen MR) is 107 cm³/mol. The summed E-state index contributed by atoms with van der Waals surface area (Å²) in [5.74, 6) is 1.13.